The summed E-state index contributed by atoms with van der Waals surface area (Å²) >= 11 is 0. The van der Waals surface area contributed by atoms with Gasteiger partial charge in [0.25, 0.3) is 0 Å². The largest absolute Gasteiger partial charge is 0.461 e. The van der Waals surface area contributed by atoms with E-state index in [0.717, 1.165) is 0 Å². The first-order valence-electron chi connectivity index (χ1n) is 10.7. The summed E-state index contributed by atoms with van der Waals surface area (Å²) in [7, 11) is -3.49. The Morgan fingerprint density at radius 3 is 2.45 bits per heavy atom. The minimum Gasteiger partial charge on any atom is -0.461 e. The highest BCUT2D eigenvalue weighted by atomic mass is 32.2. The van der Waals surface area contributed by atoms with Crippen molar-refractivity contribution in [3.05, 3.63) is 42.2 Å². The molecule has 1 aliphatic rings. The lowest BCUT2D eigenvalue weighted by Gasteiger charge is -2.34. The molecule has 12 heteroatoms. The van der Waals surface area contributed by atoms with Crippen LogP contribution in [0.3, 0.4) is 0 Å². The number of amides is 2. The molecule has 3 rings (SSSR count). The SMILES string of the molecule is CCOC(=O)c1ccn(-c2ccc(NC(=O)NCCS(=O)(=O)N3CC(C)OC(C)C3)cc2)n1. The summed E-state index contributed by atoms with van der Waals surface area (Å²) in [5.74, 6) is -0.688. The van der Waals surface area contributed by atoms with Crippen molar-refractivity contribution < 1.29 is 27.5 Å². The van der Waals surface area contributed by atoms with Crippen LogP contribution in [0.4, 0.5) is 10.5 Å². The number of hydrogen-bond donors (Lipinski definition) is 2. The molecule has 1 saturated heterocycles. The zero-order valence-corrected chi connectivity index (χ0v) is 19.7. The van der Waals surface area contributed by atoms with Crippen molar-refractivity contribution in [1.29, 1.82) is 0 Å². The minimum absolute atomic E-state index is 0.0176. The van der Waals surface area contributed by atoms with Gasteiger partial charge in [-0.1, -0.05) is 0 Å². The van der Waals surface area contributed by atoms with E-state index in [-0.39, 0.29) is 36.8 Å². The van der Waals surface area contributed by atoms with E-state index in [1.807, 2.05) is 13.8 Å². The number of esters is 1. The topological polar surface area (TPSA) is 132 Å². The van der Waals surface area contributed by atoms with E-state index in [0.29, 0.717) is 24.5 Å². The second-order valence-corrected chi connectivity index (χ2v) is 9.77. The van der Waals surface area contributed by atoms with Crippen molar-refractivity contribution in [3.63, 3.8) is 0 Å². The fourth-order valence-corrected chi connectivity index (χ4v) is 4.93. The molecule has 1 fully saturated rings. The Hall–Kier alpha value is -2.96. The van der Waals surface area contributed by atoms with Gasteiger partial charge in [-0.25, -0.2) is 22.7 Å². The summed E-state index contributed by atoms with van der Waals surface area (Å²) in [4.78, 5) is 23.9. The van der Waals surface area contributed by atoms with Gasteiger partial charge >= 0.3 is 12.0 Å². The van der Waals surface area contributed by atoms with Crippen LogP contribution in [0.5, 0.6) is 0 Å². The van der Waals surface area contributed by atoms with Crippen LogP contribution in [0.25, 0.3) is 5.69 Å². The Morgan fingerprint density at radius 1 is 1.15 bits per heavy atom. The molecule has 33 heavy (non-hydrogen) atoms. The molecule has 2 aromatic rings. The number of carbonyl (C=O) groups is 2. The molecule has 11 nitrogen and oxygen atoms in total. The van der Waals surface area contributed by atoms with Gasteiger partial charge < -0.3 is 20.1 Å². The maximum Gasteiger partial charge on any atom is 0.358 e. The maximum absolute atomic E-state index is 12.5. The molecule has 0 saturated carbocycles. The quantitative estimate of drug-likeness (QED) is 0.550. The fourth-order valence-electron chi connectivity index (χ4n) is 3.43. The Kier molecular flexibility index (Phi) is 8.06. The van der Waals surface area contributed by atoms with Gasteiger partial charge in [-0.15, -0.1) is 0 Å². The van der Waals surface area contributed by atoms with Crippen LogP contribution in [-0.2, 0) is 19.5 Å². The normalized spacial score (nSPS) is 19.1. The number of nitrogens with zero attached hydrogens (tertiary/aromatic N) is 3. The summed E-state index contributed by atoms with van der Waals surface area (Å²) < 4.78 is 38.5. The van der Waals surface area contributed by atoms with Gasteiger partial charge in [-0.05, 0) is 51.1 Å². The number of aromatic nitrogens is 2. The second-order valence-electron chi connectivity index (χ2n) is 7.68. The Morgan fingerprint density at radius 2 is 1.82 bits per heavy atom. The number of benzene rings is 1. The van der Waals surface area contributed by atoms with Crippen LogP contribution in [0.1, 0.15) is 31.3 Å². The lowest BCUT2D eigenvalue weighted by atomic mass is 10.3. The second kappa shape index (κ2) is 10.8. The van der Waals surface area contributed by atoms with Crippen LogP contribution in [0.2, 0.25) is 0 Å². The number of morpholine rings is 1. The molecule has 2 unspecified atom stereocenters. The number of anilines is 1. The van der Waals surface area contributed by atoms with E-state index in [4.69, 9.17) is 9.47 Å². The average molecular weight is 480 g/mol. The Bertz CT molecular complexity index is 1060. The van der Waals surface area contributed by atoms with E-state index >= 15 is 0 Å². The molecule has 2 atom stereocenters. The Balaban J connectivity index is 1.48. The third kappa shape index (κ3) is 6.76. The van der Waals surface area contributed by atoms with Crippen molar-refractivity contribution in [2.75, 3.05) is 37.3 Å². The molecule has 2 heterocycles. The molecule has 0 spiro atoms. The van der Waals surface area contributed by atoms with Crippen LogP contribution in [-0.4, -0.2) is 78.7 Å². The van der Waals surface area contributed by atoms with Crippen molar-refractivity contribution in [1.82, 2.24) is 19.4 Å². The zero-order valence-electron chi connectivity index (χ0n) is 18.9. The third-order valence-electron chi connectivity index (χ3n) is 4.89. The number of sulfonamides is 1. The first kappa shape index (κ1) is 24.7. The molecule has 0 bridgehead atoms. The molecule has 1 aromatic heterocycles. The van der Waals surface area contributed by atoms with Gasteiger partial charge in [0, 0.05) is 31.5 Å². The van der Waals surface area contributed by atoms with Gasteiger partial charge in [0.05, 0.1) is 30.3 Å². The van der Waals surface area contributed by atoms with Crippen LogP contribution in [0.15, 0.2) is 36.5 Å². The summed E-state index contributed by atoms with van der Waals surface area (Å²) in [6, 6.07) is 7.85. The predicted molar refractivity (Wildman–Crippen MR) is 122 cm³/mol. The van der Waals surface area contributed by atoms with Crippen molar-refractivity contribution in [2.24, 2.45) is 0 Å². The summed E-state index contributed by atoms with van der Waals surface area (Å²) in [5.41, 5.74) is 1.42. The molecule has 2 N–H and O–H groups in total. The smallest absolute Gasteiger partial charge is 0.358 e. The van der Waals surface area contributed by atoms with E-state index in [1.54, 1.807) is 43.5 Å². The number of carbonyl (C=O) groups excluding carboxylic acids is 2. The highest BCUT2D eigenvalue weighted by Gasteiger charge is 2.30. The number of nitrogens with one attached hydrogen (secondary N) is 2. The molecule has 2 amide bonds. The standard InChI is InChI=1S/C21H29N5O6S/c1-4-31-20(27)19-9-11-26(24-19)18-7-5-17(6-8-18)23-21(28)22-10-12-33(29,30)25-13-15(2)32-16(3)14-25/h5-9,11,15-16H,4,10,12-14H2,1-3H3,(H2,22,23,28). The summed E-state index contributed by atoms with van der Waals surface area (Å²) in [6.07, 6.45) is 1.31. The fraction of sp³-hybridized carbons (Fsp3) is 0.476. The summed E-state index contributed by atoms with van der Waals surface area (Å²) in [6.45, 7) is 6.26. The monoisotopic (exact) mass is 479 g/mol. The molecule has 0 radical (unpaired) electrons. The van der Waals surface area contributed by atoms with Gasteiger partial charge in [0.15, 0.2) is 5.69 Å². The van der Waals surface area contributed by atoms with Crippen molar-refractivity contribution in [3.8, 4) is 5.69 Å². The van der Waals surface area contributed by atoms with Gasteiger partial charge in [0.2, 0.25) is 10.0 Å². The molecular weight excluding hydrogens is 450 g/mol. The molecule has 180 valence electrons. The zero-order chi connectivity index (χ0) is 24.0. The number of hydrogen-bond acceptors (Lipinski definition) is 7. The molecule has 0 aliphatic carbocycles. The van der Waals surface area contributed by atoms with Crippen LogP contribution >= 0.6 is 0 Å². The van der Waals surface area contributed by atoms with E-state index in [2.05, 4.69) is 15.7 Å². The van der Waals surface area contributed by atoms with E-state index < -0.39 is 22.0 Å². The first-order valence-corrected chi connectivity index (χ1v) is 12.3. The highest BCUT2D eigenvalue weighted by molar-refractivity contribution is 7.89. The Labute approximate surface area is 193 Å². The third-order valence-corrected chi connectivity index (χ3v) is 6.69. The lowest BCUT2D eigenvalue weighted by molar-refractivity contribution is -0.0440. The van der Waals surface area contributed by atoms with Gasteiger partial charge in [0.1, 0.15) is 0 Å². The van der Waals surface area contributed by atoms with Gasteiger partial charge in [-0.3, -0.25) is 0 Å². The number of urea groups is 1. The predicted octanol–water partition coefficient (Wildman–Crippen LogP) is 1.61. The number of ether oxygens (including phenoxy) is 2. The van der Waals surface area contributed by atoms with Crippen molar-refractivity contribution >= 4 is 27.7 Å². The average Bonchev–Trinajstić information content (AvgIpc) is 3.24. The molecule has 1 aliphatic heterocycles. The van der Waals surface area contributed by atoms with Crippen molar-refractivity contribution in [2.45, 2.75) is 33.0 Å². The lowest BCUT2D eigenvalue weighted by Crippen LogP contribution is -2.49. The number of rotatable bonds is 8. The van der Waals surface area contributed by atoms with Crippen LogP contribution < -0.4 is 10.6 Å². The molecule has 1 aromatic carbocycles. The maximum atomic E-state index is 12.5. The summed E-state index contributed by atoms with van der Waals surface area (Å²) in [5, 5.41) is 9.40. The van der Waals surface area contributed by atoms with Crippen LogP contribution in [0, 0.1) is 0 Å². The van der Waals surface area contributed by atoms with E-state index in [9.17, 15) is 18.0 Å². The first-order chi connectivity index (χ1) is 15.7. The minimum atomic E-state index is -3.49. The van der Waals surface area contributed by atoms with E-state index in [1.165, 1.54) is 8.99 Å². The highest BCUT2D eigenvalue weighted by Crippen LogP contribution is 2.15. The van der Waals surface area contributed by atoms with Gasteiger partial charge in [-0.2, -0.15) is 9.40 Å². The molecular formula is C21H29N5O6S.